The molecule has 4 heterocycles. The van der Waals surface area contributed by atoms with Crippen LogP contribution in [0.2, 0.25) is 0 Å². The van der Waals surface area contributed by atoms with Crippen molar-refractivity contribution in [2.24, 2.45) is 0 Å². The highest BCUT2D eigenvalue weighted by atomic mass is 16.5. The summed E-state index contributed by atoms with van der Waals surface area (Å²) in [6, 6.07) is 11.7. The van der Waals surface area contributed by atoms with Crippen molar-refractivity contribution in [1.29, 1.82) is 0 Å². The normalized spacial score (nSPS) is 16.6. The molecule has 0 saturated carbocycles. The lowest BCUT2D eigenvalue weighted by atomic mass is 10.2. The molecule has 3 aromatic heterocycles. The summed E-state index contributed by atoms with van der Waals surface area (Å²) in [5.74, 6) is -0.0210. The molecule has 138 valence electrons. The van der Waals surface area contributed by atoms with Gasteiger partial charge >= 0.3 is 0 Å². The van der Waals surface area contributed by atoms with Crippen LogP contribution < -0.4 is 0 Å². The summed E-state index contributed by atoms with van der Waals surface area (Å²) >= 11 is 0. The van der Waals surface area contributed by atoms with Crippen LogP contribution in [0.15, 0.2) is 61.2 Å². The first-order valence-electron chi connectivity index (χ1n) is 9.05. The third kappa shape index (κ3) is 4.06. The van der Waals surface area contributed by atoms with Gasteiger partial charge in [0.25, 0.3) is 5.91 Å². The SMILES string of the molecule is Cc1cncc(C(=O)N2Cc3cccn3C[C@@H](OCc3ccccn3)C2)c1. The number of aryl methyl sites for hydroxylation is 1. The van der Waals surface area contributed by atoms with E-state index in [-0.39, 0.29) is 12.0 Å². The Bertz CT molecular complexity index is 923. The first kappa shape index (κ1) is 17.4. The molecule has 0 aromatic carbocycles. The Morgan fingerprint density at radius 1 is 1.22 bits per heavy atom. The molecule has 1 aliphatic rings. The van der Waals surface area contributed by atoms with Crippen molar-refractivity contribution in [3.63, 3.8) is 0 Å². The van der Waals surface area contributed by atoms with Crippen LogP contribution in [-0.2, 0) is 24.4 Å². The van der Waals surface area contributed by atoms with Gasteiger partial charge in [0.05, 0.1) is 37.1 Å². The zero-order valence-electron chi connectivity index (χ0n) is 15.3. The Labute approximate surface area is 158 Å². The summed E-state index contributed by atoms with van der Waals surface area (Å²) in [6.45, 7) is 4.17. The monoisotopic (exact) mass is 362 g/mol. The van der Waals surface area contributed by atoms with Crippen molar-refractivity contribution in [3.8, 4) is 0 Å². The van der Waals surface area contributed by atoms with Crippen molar-refractivity contribution in [2.45, 2.75) is 32.7 Å². The van der Waals surface area contributed by atoms with E-state index >= 15 is 0 Å². The topological polar surface area (TPSA) is 60.2 Å². The van der Waals surface area contributed by atoms with Crippen LogP contribution in [0.3, 0.4) is 0 Å². The molecular weight excluding hydrogens is 340 g/mol. The summed E-state index contributed by atoms with van der Waals surface area (Å²) in [5.41, 5.74) is 3.57. The van der Waals surface area contributed by atoms with Crippen LogP contribution in [0.5, 0.6) is 0 Å². The number of pyridine rings is 2. The smallest absolute Gasteiger partial charge is 0.255 e. The molecule has 0 spiro atoms. The molecule has 3 aromatic rings. The Hall–Kier alpha value is -2.99. The molecule has 0 fully saturated rings. The van der Waals surface area contributed by atoms with Crippen molar-refractivity contribution in [3.05, 3.63) is 83.7 Å². The van der Waals surface area contributed by atoms with Gasteiger partial charge in [0.1, 0.15) is 0 Å². The Morgan fingerprint density at radius 2 is 2.15 bits per heavy atom. The standard InChI is InChI=1S/C21H22N4O2/c1-16-9-17(11-22-10-16)21(26)25-12-19-6-4-8-24(19)13-20(14-25)27-15-18-5-2-3-7-23-18/h2-11,20H,12-15H2,1H3/t20-/m1/s1. The molecule has 1 atom stereocenters. The number of rotatable bonds is 4. The molecule has 0 bridgehead atoms. The van der Waals surface area contributed by atoms with Gasteiger partial charge in [-0.05, 0) is 42.8 Å². The van der Waals surface area contributed by atoms with Crippen LogP contribution in [0.25, 0.3) is 0 Å². The molecule has 27 heavy (non-hydrogen) atoms. The van der Waals surface area contributed by atoms with Crippen LogP contribution in [0, 0.1) is 6.92 Å². The second-order valence-corrected chi connectivity index (χ2v) is 6.84. The van der Waals surface area contributed by atoms with E-state index in [2.05, 4.69) is 20.6 Å². The van der Waals surface area contributed by atoms with Crippen LogP contribution in [0.4, 0.5) is 0 Å². The maximum Gasteiger partial charge on any atom is 0.255 e. The van der Waals surface area contributed by atoms with E-state index < -0.39 is 0 Å². The summed E-state index contributed by atoms with van der Waals surface area (Å²) in [4.78, 5) is 23.4. The van der Waals surface area contributed by atoms with Gasteiger partial charge in [-0.2, -0.15) is 0 Å². The second-order valence-electron chi connectivity index (χ2n) is 6.84. The average Bonchev–Trinajstić information content (AvgIpc) is 3.04. The third-order valence-corrected chi connectivity index (χ3v) is 4.70. The fraction of sp³-hybridized carbons (Fsp3) is 0.286. The number of nitrogens with zero attached hydrogens (tertiary/aromatic N) is 4. The maximum absolute atomic E-state index is 13.1. The van der Waals surface area contributed by atoms with E-state index in [0.29, 0.717) is 31.8 Å². The number of carbonyl (C=O) groups is 1. The number of aromatic nitrogens is 3. The minimum absolute atomic E-state index is 0.0210. The maximum atomic E-state index is 13.1. The minimum atomic E-state index is -0.109. The molecule has 0 saturated heterocycles. The summed E-state index contributed by atoms with van der Waals surface area (Å²) in [5, 5.41) is 0. The molecule has 0 aliphatic carbocycles. The van der Waals surface area contributed by atoms with E-state index in [1.54, 1.807) is 18.6 Å². The lowest BCUT2D eigenvalue weighted by Crippen LogP contribution is -2.37. The highest BCUT2D eigenvalue weighted by Gasteiger charge is 2.26. The molecule has 4 rings (SSSR count). The van der Waals surface area contributed by atoms with Crippen molar-refractivity contribution in [1.82, 2.24) is 19.4 Å². The van der Waals surface area contributed by atoms with Crippen LogP contribution in [0.1, 0.15) is 27.3 Å². The van der Waals surface area contributed by atoms with Crippen molar-refractivity contribution >= 4 is 5.91 Å². The van der Waals surface area contributed by atoms with E-state index in [0.717, 1.165) is 17.0 Å². The zero-order valence-corrected chi connectivity index (χ0v) is 15.3. The van der Waals surface area contributed by atoms with Crippen molar-refractivity contribution < 1.29 is 9.53 Å². The first-order chi connectivity index (χ1) is 13.2. The third-order valence-electron chi connectivity index (χ3n) is 4.70. The van der Waals surface area contributed by atoms with E-state index in [9.17, 15) is 4.79 Å². The number of hydrogen-bond donors (Lipinski definition) is 0. The minimum Gasteiger partial charge on any atom is -0.368 e. The average molecular weight is 362 g/mol. The largest absolute Gasteiger partial charge is 0.368 e. The molecule has 0 unspecified atom stereocenters. The molecular formula is C21H22N4O2. The zero-order chi connectivity index (χ0) is 18.6. The number of amides is 1. The number of carbonyl (C=O) groups excluding carboxylic acids is 1. The predicted octanol–water partition coefficient (Wildman–Crippen LogP) is 2.83. The van der Waals surface area contributed by atoms with E-state index in [4.69, 9.17) is 4.74 Å². The number of hydrogen-bond acceptors (Lipinski definition) is 4. The van der Waals surface area contributed by atoms with Gasteiger partial charge in [0, 0.05) is 37.0 Å². The van der Waals surface area contributed by atoms with Gasteiger partial charge in [-0.1, -0.05) is 6.07 Å². The Morgan fingerprint density at radius 3 is 2.96 bits per heavy atom. The Kier molecular flexibility index (Phi) is 4.98. The summed E-state index contributed by atoms with van der Waals surface area (Å²) < 4.78 is 8.28. The second kappa shape index (κ2) is 7.72. The molecule has 0 N–H and O–H groups in total. The van der Waals surface area contributed by atoms with Crippen LogP contribution >= 0.6 is 0 Å². The molecule has 6 heteroatoms. The fourth-order valence-corrected chi connectivity index (χ4v) is 3.36. The van der Waals surface area contributed by atoms with Gasteiger partial charge < -0.3 is 14.2 Å². The van der Waals surface area contributed by atoms with Gasteiger partial charge in [-0.25, -0.2) is 0 Å². The number of fused-ring (bicyclic) bond motifs is 1. The molecule has 0 radical (unpaired) electrons. The highest BCUT2D eigenvalue weighted by molar-refractivity contribution is 5.94. The Balaban J connectivity index is 1.54. The molecule has 1 aliphatic heterocycles. The first-order valence-corrected chi connectivity index (χ1v) is 9.05. The van der Waals surface area contributed by atoms with Gasteiger partial charge in [-0.3, -0.25) is 14.8 Å². The predicted molar refractivity (Wildman–Crippen MR) is 101 cm³/mol. The van der Waals surface area contributed by atoms with Gasteiger partial charge in [0.2, 0.25) is 0 Å². The summed E-state index contributed by atoms with van der Waals surface area (Å²) in [7, 11) is 0. The van der Waals surface area contributed by atoms with Crippen molar-refractivity contribution in [2.75, 3.05) is 6.54 Å². The highest BCUT2D eigenvalue weighted by Crippen LogP contribution is 2.18. The molecule has 1 amide bonds. The van der Waals surface area contributed by atoms with Gasteiger partial charge in [-0.15, -0.1) is 0 Å². The quantitative estimate of drug-likeness (QED) is 0.716. The molecule has 6 nitrogen and oxygen atoms in total. The lowest BCUT2D eigenvalue weighted by Gasteiger charge is -2.24. The van der Waals surface area contributed by atoms with Gasteiger partial charge in [0.15, 0.2) is 0 Å². The fourth-order valence-electron chi connectivity index (χ4n) is 3.36. The van der Waals surface area contributed by atoms with E-state index in [1.807, 2.05) is 48.4 Å². The number of ether oxygens (including phenoxy) is 1. The van der Waals surface area contributed by atoms with Crippen LogP contribution in [-0.4, -0.2) is 38.0 Å². The van der Waals surface area contributed by atoms with E-state index in [1.165, 1.54) is 0 Å². The lowest BCUT2D eigenvalue weighted by molar-refractivity contribution is 0.00922. The summed E-state index contributed by atoms with van der Waals surface area (Å²) in [6.07, 6.45) is 7.07.